The highest BCUT2D eigenvalue weighted by atomic mass is 19.1. The quantitative estimate of drug-likeness (QED) is 0.573. The van der Waals surface area contributed by atoms with Crippen molar-refractivity contribution in [3.8, 4) is 5.75 Å². The summed E-state index contributed by atoms with van der Waals surface area (Å²) in [4.78, 5) is 33.8. The first-order chi connectivity index (χ1) is 12.9. The molecule has 2 aromatic rings. The van der Waals surface area contributed by atoms with Gasteiger partial charge < -0.3 is 15.4 Å². The van der Waals surface area contributed by atoms with Crippen molar-refractivity contribution in [1.29, 1.82) is 0 Å². The second-order valence-electron chi connectivity index (χ2n) is 6.04. The van der Waals surface area contributed by atoms with Crippen molar-refractivity contribution >= 4 is 23.2 Å². The summed E-state index contributed by atoms with van der Waals surface area (Å²) in [5.41, 5.74) is 0.406. The van der Waals surface area contributed by atoms with Crippen LogP contribution in [-0.2, 0) is 4.79 Å². The summed E-state index contributed by atoms with van der Waals surface area (Å²) in [5, 5.41) is 16.0. The van der Waals surface area contributed by atoms with Gasteiger partial charge in [0.25, 0.3) is 17.5 Å². The molecule has 0 radical (unpaired) electrons. The SMILES string of the molecule is O=C(COc1ccc([N+](=O)[O-])cc1F)Nc1cccc(C(=O)NC2CC2)c1. The zero-order valence-corrected chi connectivity index (χ0v) is 14.1. The number of rotatable bonds is 7. The molecule has 0 bridgehead atoms. The molecule has 0 atom stereocenters. The van der Waals surface area contributed by atoms with Gasteiger partial charge in [0, 0.05) is 23.4 Å². The number of hydrogen-bond donors (Lipinski definition) is 2. The number of amides is 2. The maximum Gasteiger partial charge on any atom is 0.272 e. The molecule has 27 heavy (non-hydrogen) atoms. The van der Waals surface area contributed by atoms with E-state index < -0.39 is 28.9 Å². The van der Waals surface area contributed by atoms with Crippen molar-refractivity contribution in [2.45, 2.75) is 18.9 Å². The summed E-state index contributed by atoms with van der Waals surface area (Å²) < 4.78 is 18.8. The lowest BCUT2D eigenvalue weighted by atomic mass is 10.2. The molecular formula is C18H16FN3O5. The lowest BCUT2D eigenvalue weighted by molar-refractivity contribution is -0.385. The van der Waals surface area contributed by atoms with Gasteiger partial charge in [-0.3, -0.25) is 19.7 Å². The zero-order chi connectivity index (χ0) is 19.4. The van der Waals surface area contributed by atoms with Gasteiger partial charge in [-0.1, -0.05) is 6.07 Å². The fourth-order valence-electron chi connectivity index (χ4n) is 2.30. The highest BCUT2D eigenvalue weighted by Gasteiger charge is 2.23. The predicted octanol–water partition coefficient (Wildman–Crippen LogP) is 2.64. The fourth-order valence-corrected chi connectivity index (χ4v) is 2.30. The lowest BCUT2D eigenvalue weighted by Crippen LogP contribution is -2.25. The molecule has 2 aromatic carbocycles. The zero-order valence-electron chi connectivity index (χ0n) is 14.1. The van der Waals surface area contributed by atoms with Gasteiger partial charge >= 0.3 is 0 Å². The highest BCUT2D eigenvalue weighted by Crippen LogP contribution is 2.23. The number of nitro groups is 1. The highest BCUT2D eigenvalue weighted by molar-refractivity contribution is 5.97. The van der Waals surface area contributed by atoms with Gasteiger partial charge in [0.2, 0.25) is 0 Å². The molecule has 0 unspecified atom stereocenters. The Morgan fingerprint density at radius 3 is 2.67 bits per heavy atom. The van der Waals surface area contributed by atoms with E-state index in [-0.39, 0.29) is 17.7 Å². The lowest BCUT2D eigenvalue weighted by Gasteiger charge is -2.09. The van der Waals surface area contributed by atoms with Gasteiger partial charge in [-0.05, 0) is 37.1 Å². The Balaban J connectivity index is 1.56. The Kier molecular flexibility index (Phi) is 5.30. The first-order valence-corrected chi connectivity index (χ1v) is 8.20. The minimum absolute atomic E-state index is 0.210. The number of nitro benzene ring substituents is 1. The number of hydrogen-bond acceptors (Lipinski definition) is 5. The summed E-state index contributed by atoms with van der Waals surface area (Å²) in [5.74, 6) is -1.98. The monoisotopic (exact) mass is 373 g/mol. The Bertz CT molecular complexity index is 898. The van der Waals surface area contributed by atoms with Crippen LogP contribution in [0.15, 0.2) is 42.5 Å². The van der Waals surface area contributed by atoms with Gasteiger partial charge in [-0.2, -0.15) is 0 Å². The van der Waals surface area contributed by atoms with E-state index in [1.807, 2.05) is 0 Å². The van der Waals surface area contributed by atoms with E-state index in [1.165, 1.54) is 6.07 Å². The summed E-state index contributed by atoms with van der Waals surface area (Å²) >= 11 is 0. The third-order valence-electron chi connectivity index (χ3n) is 3.81. The van der Waals surface area contributed by atoms with E-state index in [0.29, 0.717) is 11.3 Å². The number of ether oxygens (including phenoxy) is 1. The van der Waals surface area contributed by atoms with Crippen LogP contribution in [0.5, 0.6) is 5.75 Å². The van der Waals surface area contributed by atoms with E-state index in [9.17, 15) is 24.1 Å². The van der Waals surface area contributed by atoms with Crippen molar-refractivity contribution in [3.63, 3.8) is 0 Å². The van der Waals surface area contributed by atoms with E-state index in [0.717, 1.165) is 31.0 Å². The van der Waals surface area contributed by atoms with E-state index in [4.69, 9.17) is 4.74 Å². The first-order valence-electron chi connectivity index (χ1n) is 8.20. The van der Waals surface area contributed by atoms with Crippen molar-refractivity contribution in [1.82, 2.24) is 5.32 Å². The normalized spacial score (nSPS) is 12.9. The second kappa shape index (κ2) is 7.81. The Morgan fingerprint density at radius 1 is 1.22 bits per heavy atom. The molecule has 2 amide bonds. The topological polar surface area (TPSA) is 111 Å². The van der Waals surface area contributed by atoms with Gasteiger partial charge in [0.1, 0.15) is 0 Å². The van der Waals surface area contributed by atoms with Gasteiger partial charge in [0.05, 0.1) is 11.0 Å². The van der Waals surface area contributed by atoms with E-state index >= 15 is 0 Å². The third kappa shape index (κ3) is 5.00. The van der Waals surface area contributed by atoms with Crippen molar-refractivity contribution in [2.75, 3.05) is 11.9 Å². The molecular weight excluding hydrogens is 357 g/mol. The van der Waals surface area contributed by atoms with Crippen LogP contribution in [0.3, 0.4) is 0 Å². The number of anilines is 1. The summed E-state index contributed by atoms with van der Waals surface area (Å²) in [7, 11) is 0. The number of non-ortho nitro benzene ring substituents is 1. The molecule has 0 aromatic heterocycles. The van der Waals surface area contributed by atoms with Crippen molar-refractivity contribution in [3.05, 3.63) is 64.0 Å². The maximum absolute atomic E-state index is 13.7. The van der Waals surface area contributed by atoms with Crippen LogP contribution >= 0.6 is 0 Å². The molecule has 1 fully saturated rings. The molecule has 3 rings (SSSR count). The van der Waals surface area contributed by atoms with Crippen molar-refractivity contribution in [2.24, 2.45) is 0 Å². The van der Waals surface area contributed by atoms with Crippen LogP contribution in [0.25, 0.3) is 0 Å². The van der Waals surface area contributed by atoms with Crippen molar-refractivity contribution < 1.29 is 23.6 Å². The fraction of sp³-hybridized carbons (Fsp3) is 0.222. The standard InChI is InChI=1S/C18H16FN3O5/c19-15-9-14(22(25)26)6-7-16(15)27-10-17(23)20-13-3-1-2-11(8-13)18(24)21-12-4-5-12/h1-3,6-9,12H,4-5,10H2,(H,20,23)(H,21,24). The maximum atomic E-state index is 13.7. The molecule has 8 nitrogen and oxygen atoms in total. The molecule has 140 valence electrons. The summed E-state index contributed by atoms with van der Waals surface area (Å²) in [6.45, 7) is -0.493. The summed E-state index contributed by atoms with van der Waals surface area (Å²) in [6.07, 6.45) is 1.94. The van der Waals surface area contributed by atoms with Crippen LogP contribution in [0.2, 0.25) is 0 Å². The third-order valence-corrected chi connectivity index (χ3v) is 3.81. The van der Waals surface area contributed by atoms with E-state index in [2.05, 4.69) is 10.6 Å². The molecule has 2 N–H and O–H groups in total. The average molecular weight is 373 g/mol. The minimum atomic E-state index is -0.934. The molecule has 0 saturated heterocycles. The van der Waals surface area contributed by atoms with Crippen LogP contribution in [0.1, 0.15) is 23.2 Å². The number of nitrogens with one attached hydrogen (secondary N) is 2. The number of nitrogens with zero attached hydrogens (tertiary/aromatic N) is 1. The van der Waals surface area contributed by atoms with Gasteiger partial charge in [-0.15, -0.1) is 0 Å². The van der Waals surface area contributed by atoms with Crippen LogP contribution in [-0.4, -0.2) is 29.4 Å². The van der Waals surface area contributed by atoms with E-state index in [1.54, 1.807) is 18.2 Å². The van der Waals surface area contributed by atoms with Crippen LogP contribution < -0.4 is 15.4 Å². The summed E-state index contributed by atoms with van der Waals surface area (Å²) in [6, 6.07) is 9.52. The molecule has 0 spiro atoms. The number of carbonyl (C=O) groups excluding carboxylic acids is 2. The Hall–Kier alpha value is -3.49. The number of carbonyl (C=O) groups is 2. The van der Waals surface area contributed by atoms with Gasteiger partial charge in [0.15, 0.2) is 18.2 Å². The minimum Gasteiger partial charge on any atom is -0.481 e. The van der Waals surface area contributed by atoms with Gasteiger partial charge in [-0.25, -0.2) is 4.39 Å². The number of benzene rings is 2. The van der Waals surface area contributed by atoms with Crippen LogP contribution in [0.4, 0.5) is 15.8 Å². The largest absolute Gasteiger partial charge is 0.481 e. The molecule has 1 saturated carbocycles. The molecule has 9 heteroatoms. The molecule has 0 aliphatic heterocycles. The average Bonchev–Trinajstić information content (AvgIpc) is 3.44. The predicted molar refractivity (Wildman–Crippen MR) is 94.1 cm³/mol. The molecule has 1 aliphatic carbocycles. The smallest absolute Gasteiger partial charge is 0.272 e. The Labute approximate surface area is 153 Å². The molecule has 0 heterocycles. The van der Waals surface area contributed by atoms with Crippen LogP contribution in [0, 0.1) is 15.9 Å². The number of halogens is 1. The Morgan fingerprint density at radius 2 is 2.00 bits per heavy atom. The second-order valence-corrected chi connectivity index (χ2v) is 6.04. The first kappa shape index (κ1) is 18.3. The molecule has 1 aliphatic rings.